The number of benzene rings is 1. The second-order valence-electron chi connectivity index (χ2n) is 5.19. The van der Waals surface area contributed by atoms with Gasteiger partial charge in [-0.1, -0.05) is 23.4 Å². The number of likely N-dealkylation sites (N-methyl/N-ethyl adjacent to an activating group) is 1. The minimum Gasteiger partial charge on any atom is -0.370 e. The summed E-state index contributed by atoms with van der Waals surface area (Å²) in [4.78, 5) is 19.6. The maximum Gasteiger partial charge on any atom is 0.317 e. The van der Waals surface area contributed by atoms with Crippen molar-refractivity contribution in [3.8, 4) is 0 Å². The topological polar surface area (TPSA) is 74.5 Å². The first-order valence-corrected chi connectivity index (χ1v) is 7.10. The van der Waals surface area contributed by atoms with Gasteiger partial charge in [-0.2, -0.15) is 4.98 Å². The Morgan fingerprint density at radius 3 is 2.68 bits per heavy atom. The standard InChI is InChI=1S/C15H21N5O2/c1-12(20(3)13-7-5-4-6-8-13)9-16-15(21)19(2)10-14-17-11-22-18-14/h4-8,11-12H,9-10H2,1-3H3,(H,16,21). The number of para-hydroxylation sites is 1. The first-order chi connectivity index (χ1) is 10.6. The van der Waals surface area contributed by atoms with Crippen LogP contribution in [0.1, 0.15) is 12.7 Å². The number of aromatic nitrogens is 2. The summed E-state index contributed by atoms with van der Waals surface area (Å²) in [5, 5.41) is 6.59. The fourth-order valence-electron chi connectivity index (χ4n) is 1.97. The Balaban J connectivity index is 1.80. The maximum absolute atomic E-state index is 12.0. The summed E-state index contributed by atoms with van der Waals surface area (Å²) in [5.41, 5.74) is 1.12. The van der Waals surface area contributed by atoms with Crippen LogP contribution >= 0.6 is 0 Å². The van der Waals surface area contributed by atoms with Gasteiger partial charge < -0.3 is 19.6 Å². The molecule has 2 rings (SSSR count). The van der Waals surface area contributed by atoms with E-state index >= 15 is 0 Å². The van der Waals surface area contributed by atoms with Gasteiger partial charge in [0.25, 0.3) is 0 Å². The molecule has 1 aromatic heterocycles. The molecule has 1 N–H and O–H groups in total. The summed E-state index contributed by atoms with van der Waals surface area (Å²) in [5.74, 6) is 0.479. The van der Waals surface area contributed by atoms with Crippen molar-refractivity contribution in [2.24, 2.45) is 0 Å². The number of nitrogens with one attached hydrogen (secondary N) is 1. The molecule has 0 radical (unpaired) electrons. The lowest BCUT2D eigenvalue weighted by Crippen LogP contribution is -2.44. The first kappa shape index (κ1) is 15.8. The molecule has 7 nitrogen and oxygen atoms in total. The monoisotopic (exact) mass is 303 g/mol. The van der Waals surface area contributed by atoms with Gasteiger partial charge in [0.1, 0.15) is 0 Å². The molecule has 0 saturated heterocycles. The predicted molar refractivity (Wildman–Crippen MR) is 83.5 cm³/mol. The van der Waals surface area contributed by atoms with E-state index in [4.69, 9.17) is 0 Å². The quantitative estimate of drug-likeness (QED) is 0.880. The van der Waals surface area contributed by atoms with Crippen LogP contribution in [0.25, 0.3) is 0 Å². The normalized spacial score (nSPS) is 11.8. The third-order valence-corrected chi connectivity index (χ3v) is 3.51. The number of rotatable bonds is 6. The Morgan fingerprint density at radius 1 is 1.32 bits per heavy atom. The highest BCUT2D eigenvalue weighted by molar-refractivity contribution is 5.73. The molecule has 0 aliphatic rings. The van der Waals surface area contributed by atoms with E-state index in [1.807, 2.05) is 37.4 Å². The van der Waals surface area contributed by atoms with E-state index in [-0.39, 0.29) is 12.1 Å². The summed E-state index contributed by atoms with van der Waals surface area (Å²) in [7, 11) is 3.70. The molecule has 2 amide bonds. The second kappa shape index (κ2) is 7.44. The van der Waals surface area contributed by atoms with Gasteiger partial charge in [0.15, 0.2) is 5.82 Å². The largest absolute Gasteiger partial charge is 0.370 e. The van der Waals surface area contributed by atoms with E-state index in [0.29, 0.717) is 18.9 Å². The molecule has 1 atom stereocenters. The van der Waals surface area contributed by atoms with Crippen LogP contribution in [-0.4, -0.2) is 47.8 Å². The Kier molecular flexibility index (Phi) is 5.35. The number of anilines is 1. The minimum atomic E-state index is -0.168. The third kappa shape index (κ3) is 4.21. The van der Waals surface area contributed by atoms with Crippen LogP contribution < -0.4 is 10.2 Å². The van der Waals surface area contributed by atoms with Gasteiger partial charge in [0, 0.05) is 32.4 Å². The number of carbonyl (C=O) groups excluding carboxylic acids is 1. The maximum atomic E-state index is 12.0. The van der Waals surface area contributed by atoms with E-state index in [1.165, 1.54) is 11.3 Å². The Morgan fingerprint density at radius 2 is 2.05 bits per heavy atom. The number of amides is 2. The highest BCUT2D eigenvalue weighted by Gasteiger charge is 2.14. The molecule has 0 spiro atoms. The number of carbonyl (C=O) groups is 1. The first-order valence-electron chi connectivity index (χ1n) is 7.10. The van der Waals surface area contributed by atoms with Crippen LogP contribution in [0.2, 0.25) is 0 Å². The van der Waals surface area contributed by atoms with Crippen LogP contribution in [0, 0.1) is 0 Å². The molecule has 1 aromatic carbocycles. The van der Waals surface area contributed by atoms with Gasteiger partial charge in [0.2, 0.25) is 6.39 Å². The molecule has 1 heterocycles. The van der Waals surface area contributed by atoms with Crippen molar-refractivity contribution in [2.75, 3.05) is 25.5 Å². The fraction of sp³-hybridized carbons (Fsp3) is 0.400. The van der Waals surface area contributed by atoms with Gasteiger partial charge in [-0.3, -0.25) is 0 Å². The average Bonchev–Trinajstić information content (AvgIpc) is 3.05. The molecule has 0 aliphatic heterocycles. The Hall–Kier alpha value is -2.57. The molecule has 2 aromatic rings. The molecule has 1 unspecified atom stereocenters. The van der Waals surface area contributed by atoms with Crippen LogP contribution in [-0.2, 0) is 6.54 Å². The van der Waals surface area contributed by atoms with E-state index in [0.717, 1.165) is 5.69 Å². The molecule has 0 saturated carbocycles. The van der Waals surface area contributed by atoms with Crippen LogP contribution in [0.15, 0.2) is 41.2 Å². The van der Waals surface area contributed by atoms with Gasteiger partial charge in [-0.25, -0.2) is 4.79 Å². The van der Waals surface area contributed by atoms with Crippen molar-refractivity contribution in [2.45, 2.75) is 19.5 Å². The van der Waals surface area contributed by atoms with Gasteiger partial charge in [0.05, 0.1) is 6.54 Å². The van der Waals surface area contributed by atoms with Gasteiger partial charge in [-0.05, 0) is 19.1 Å². The molecular weight excluding hydrogens is 282 g/mol. The number of hydrogen-bond donors (Lipinski definition) is 1. The highest BCUT2D eigenvalue weighted by atomic mass is 16.5. The summed E-state index contributed by atoms with van der Waals surface area (Å²) in [6.45, 7) is 2.92. The molecule has 22 heavy (non-hydrogen) atoms. The zero-order chi connectivity index (χ0) is 15.9. The Bertz CT molecular complexity index is 573. The van der Waals surface area contributed by atoms with Crippen molar-refractivity contribution in [1.82, 2.24) is 20.4 Å². The van der Waals surface area contributed by atoms with E-state index in [1.54, 1.807) is 7.05 Å². The van der Waals surface area contributed by atoms with Crippen LogP contribution in [0.3, 0.4) is 0 Å². The lowest BCUT2D eigenvalue weighted by molar-refractivity contribution is 0.204. The summed E-state index contributed by atoms with van der Waals surface area (Å²) >= 11 is 0. The minimum absolute atomic E-state index is 0.168. The number of urea groups is 1. The Labute approximate surface area is 129 Å². The van der Waals surface area contributed by atoms with Crippen molar-refractivity contribution in [1.29, 1.82) is 0 Å². The van der Waals surface area contributed by atoms with E-state index in [9.17, 15) is 4.79 Å². The van der Waals surface area contributed by atoms with Crippen molar-refractivity contribution >= 4 is 11.7 Å². The van der Waals surface area contributed by atoms with E-state index < -0.39 is 0 Å². The van der Waals surface area contributed by atoms with Crippen LogP contribution in [0.4, 0.5) is 10.5 Å². The third-order valence-electron chi connectivity index (χ3n) is 3.51. The number of hydrogen-bond acceptors (Lipinski definition) is 5. The van der Waals surface area contributed by atoms with Gasteiger partial charge >= 0.3 is 6.03 Å². The molecule has 0 fully saturated rings. The molecule has 7 heteroatoms. The average molecular weight is 303 g/mol. The van der Waals surface area contributed by atoms with Crippen molar-refractivity contribution in [3.63, 3.8) is 0 Å². The highest BCUT2D eigenvalue weighted by Crippen LogP contribution is 2.13. The molecule has 118 valence electrons. The zero-order valence-corrected chi connectivity index (χ0v) is 13.1. The number of nitrogens with zero attached hydrogens (tertiary/aromatic N) is 4. The van der Waals surface area contributed by atoms with Crippen molar-refractivity contribution < 1.29 is 9.32 Å². The smallest absolute Gasteiger partial charge is 0.317 e. The fourth-order valence-corrected chi connectivity index (χ4v) is 1.97. The molecule has 0 aliphatic carbocycles. The summed E-state index contributed by atoms with van der Waals surface area (Å²) < 4.78 is 4.65. The van der Waals surface area contributed by atoms with Crippen LogP contribution in [0.5, 0.6) is 0 Å². The summed E-state index contributed by atoms with van der Waals surface area (Å²) in [6, 6.07) is 10.1. The molecular formula is C15H21N5O2. The van der Waals surface area contributed by atoms with Gasteiger partial charge in [-0.15, -0.1) is 0 Å². The molecule has 0 bridgehead atoms. The lowest BCUT2D eigenvalue weighted by atomic mass is 10.2. The zero-order valence-electron chi connectivity index (χ0n) is 13.1. The predicted octanol–water partition coefficient (Wildman–Crippen LogP) is 1.74. The van der Waals surface area contributed by atoms with Crippen molar-refractivity contribution in [3.05, 3.63) is 42.5 Å². The second-order valence-corrected chi connectivity index (χ2v) is 5.19. The lowest BCUT2D eigenvalue weighted by Gasteiger charge is -2.28. The van der Waals surface area contributed by atoms with E-state index in [2.05, 4.69) is 31.8 Å². The SMILES string of the molecule is CC(CNC(=O)N(C)Cc1ncon1)N(C)c1ccccc1. The summed E-state index contributed by atoms with van der Waals surface area (Å²) in [6.07, 6.45) is 1.25.